The Balaban J connectivity index is 1.21. The Morgan fingerprint density at radius 2 is 1.62 bits per heavy atom. The summed E-state index contributed by atoms with van der Waals surface area (Å²) in [5.74, 6) is -0.884. The van der Waals surface area contributed by atoms with Gasteiger partial charge in [-0.15, -0.1) is 0 Å². The van der Waals surface area contributed by atoms with Crippen LogP contribution in [0.1, 0.15) is 53.2 Å². The van der Waals surface area contributed by atoms with Crippen molar-refractivity contribution < 1.29 is 26.8 Å². The Hall–Kier alpha value is -3.63. The van der Waals surface area contributed by atoms with Crippen LogP contribution in [0.5, 0.6) is 0 Å². The van der Waals surface area contributed by atoms with Gasteiger partial charge in [-0.3, -0.25) is 9.59 Å². The molecule has 1 heterocycles. The van der Waals surface area contributed by atoms with Crippen molar-refractivity contribution >= 4 is 21.7 Å². The maximum atomic E-state index is 14.0. The van der Waals surface area contributed by atoms with Crippen LogP contribution in [-0.4, -0.2) is 57.6 Å². The van der Waals surface area contributed by atoms with Crippen LogP contribution >= 0.6 is 0 Å². The first-order chi connectivity index (χ1) is 20.1. The molecular formula is C32H37F2N3O4S. The van der Waals surface area contributed by atoms with Crippen LogP contribution in [0.25, 0.3) is 0 Å². The van der Waals surface area contributed by atoms with Gasteiger partial charge in [-0.2, -0.15) is 0 Å². The molecule has 0 bridgehead atoms. The molecule has 3 aromatic carbocycles. The van der Waals surface area contributed by atoms with Gasteiger partial charge < -0.3 is 15.5 Å². The van der Waals surface area contributed by atoms with Crippen molar-refractivity contribution in [3.63, 3.8) is 0 Å². The normalized spacial score (nSPS) is 15.2. The minimum atomic E-state index is -3.26. The zero-order valence-electron chi connectivity index (χ0n) is 23.7. The lowest BCUT2D eigenvalue weighted by Crippen LogP contribution is -2.38. The second-order valence-corrected chi connectivity index (χ2v) is 12.9. The van der Waals surface area contributed by atoms with E-state index < -0.39 is 27.6 Å². The van der Waals surface area contributed by atoms with E-state index in [1.807, 2.05) is 0 Å². The number of hydrogen-bond acceptors (Lipinski definition) is 5. The van der Waals surface area contributed by atoms with Gasteiger partial charge in [0.25, 0.3) is 5.91 Å². The van der Waals surface area contributed by atoms with Gasteiger partial charge in [0, 0.05) is 24.9 Å². The number of piperidine rings is 1. The topological polar surface area (TPSA) is 95.6 Å². The highest BCUT2D eigenvalue weighted by atomic mass is 32.2. The Labute approximate surface area is 246 Å². The predicted molar refractivity (Wildman–Crippen MR) is 158 cm³/mol. The molecule has 7 nitrogen and oxygen atoms in total. The third kappa shape index (κ3) is 9.46. The molecule has 1 atom stereocenters. The Kier molecular flexibility index (Phi) is 10.8. The van der Waals surface area contributed by atoms with E-state index in [0.29, 0.717) is 31.0 Å². The highest BCUT2D eigenvalue weighted by molar-refractivity contribution is 7.90. The molecule has 2 amide bonds. The first-order valence-electron chi connectivity index (χ1n) is 14.2. The zero-order chi connectivity index (χ0) is 30.1. The van der Waals surface area contributed by atoms with Crippen molar-refractivity contribution in [3.05, 3.63) is 101 Å². The van der Waals surface area contributed by atoms with Crippen molar-refractivity contribution in [2.24, 2.45) is 5.92 Å². The average Bonchev–Trinajstić information content (AvgIpc) is 2.95. The van der Waals surface area contributed by atoms with Crippen molar-refractivity contribution in [2.45, 2.75) is 43.0 Å². The van der Waals surface area contributed by atoms with Gasteiger partial charge in [-0.05, 0) is 98.3 Å². The molecule has 1 unspecified atom stereocenters. The number of hydrogen-bond donors (Lipinski definition) is 2. The number of likely N-dealkylation sites (tertiary alicyclic amines) is 1. The maximum absolute atomic E-state index is 14.0. The fourth-order valence-electron chi connectivity index (χ4n) is 5.25. The minimum Gasteiger partial charge on any atom is -0.356 e. The summed E-state index contributed by atoms with van der Waals surface area (Å²) >= 11 is 0. The second kappa shape index (κ2) is 14.5. The van der Waals surface area contributed by atoms with Crippen LogP contribution in [0.2, 0.25) is 0 Å². The van der Waals surface area contributed by atoms with Crippen LogP contribution in [0.15, 0.2) is 77.7 Å². The van der Waals surface area contributed by atoms with Gasteiger partial charge in [-0.1, -0.05) is 30.3 Å². The number of rotatable bonds is 12. The lowest BCUT2D eigenvalue weighted by atomic mass is 9.93. The van der Waals surface area contributed by atoms with Crippen molar-refractivity contribution in [1.82, 2.24) is 15.5 Å². The van der Waals surface area contributed by atoms with E-state index in [-0.39, 0.29) is 28.6 Å². The number of benzene rings is 3. The van der Waals surface area contributed by atoms with Crippen molar-refractivity contribution in [3.8, 4) is 0 Å². The molecule has 4 rings (SSSR count). The number of nitrogens with one attached hydrogen (secondary N) is 2. The largest absolute Gasteiger partial charge is 0.356 e. The highest BCUT2D eigenvalue weighted by Gasteiger charge is 2.22. The lowest BCUT2D eigenvalue weighted by Gasteiger charge is -2.33. The fourth-order valence-corrected chi connectivity index (χ4v) is 5.88. The molecule has 0 aromatic heterocycles. The van der Waals surface area contributed by atoms with E-state index in [4.69, 9.17) is 0 Å². The molecule has 0 radical (unpaired) electrons. The Morgan fingerprint density at radius 3 is 2.26 bits per heavy atom. The number of halogens is 2. The van der Waals surface area contributed by atoms with Gasteiger partial charge in [-0.25, -0.2) is 17.2 Å². The van der Waals surface area contributed by atoms with E-state index in [1.54, 1.807) is 30.3 Å². The second-order valence-electron chi connectivity index (χ2n) is 10.9. The van der Waals surface area contributed by atoms with Crippen molar-refractivity contribution in [1.29, 1.82) is 0 Å². The van der Waals surface area contributed by atoms with E-state index in [0.717, 1.165) is 44.2 Å². The van der Waals surface area contributed by atoms with Gasteiger partial charge >= 0.3 is 0 Å². The van der Waals surface area contributed by atoms with Gasteiger partial charge in [0.1, 0.15) is 11.6 Å². The van der Waals surface area contributed by atoms with E-state index >= 15 is 0 Å². The predicted octanol–water partition coefficient (Wildman–Crippen LogP) is 4.69. The summed E-state index contributed by atoms with van der Waals surface area (Å²) in [6, 6.07) is 17.6. The van der Waals surface area contributed by atoms with Crippen molar-refractivity contribution in [2.75, 3.05) is 32.4 Å². The standard InChI is InChI=1S/C32H37F2N3O4S/c1-42(40,41)29-10-8-24(9-11-29)20-31(38)35-16-12-23-13-17-37(18-14-23)19-15-30(25-4-2-6-27(33)21-25)36-32(39)26-5-3-7-28(34)22-26/h2-11,21-23,30H,12-20H2,1H3,(H,35,38)(H,36,39). The molecule has 0 aliphatic carbocycles. The summed E-state index contributed by atoms with van der Waals surface area (Å²) in [6.45, 7) is 3.07. The van der Waals surface area contributed by atoms with E-state index in [1.165, 1.54) is 42.5 Å². The van der Waals surface area contributed by atoms with Crippen LogP contribution in [0.4, 0.5) is 8.78 Å². The molecule has 0 saturated carbocycles. The van der Waals surface area contributed by atoms with E-state index in [2.05, 4.69) is 15.5 Å². The molecule has 42 heavy (non-hydrogen) atoms. The molecule has 3 aromatic rings. The van der Waals surface area contributed by atoms with Crippen LogP contribution < -0.4 is 10.6 Å². The molecule has 1 aliphatic rings. The average molecular weight is 598 g/mol. The third-order valence-electron chi connectivity index (χ3n) is 7.68. The smallest absolute Gasteiger partial charge is 0.251 e. The Bertz CT molecular complexity index is 1470. The quantitative estimate of drug-likeness (QED) is 0.316. The summed E-state index contributed by atoms with van der Waals surface area (Å²) in [4.78, 5) is 27.7. The summed E-state index contributed by atoms with van der Waals surface area (Å²) in [7, 11) is -3.26. The van der Waals surface area contributed by atoms with Gasteiger partial charge in [0.2, 0.25) is 5.91 Å². The molecular weight excluding hydrogens is 560 g/mol. The first kappa shape index (κ1) is 31.3. The fraction of sp³-hybridized carbons (Fsp3) is 0.375. The summed E-state index contributed by atoms with van der Waals surface area (Å²) < 4.78 is 50.8. The summed E-state index contributed by atoms with van der Waals surface area (Å²) in [5, 5.41) is 5.92. The highest BCUT2D eigenvalue weighted by Crippen LogP contribution is 2.24. The monoisotopic (exact) mass is 597 g/mol. The first-order valence-corrected chi connectivity index (χ1v) is 16.1. The number of amides is 2. The minimum absolute atomic E-state index is 0.0942. The molecule has 1 aliphatic heterocycles. The van der Waals surface area contributed by atoms with Crippen LogP contribution in [0, 0.1) is 17.6 Å². The molecule has 2 N–H and O–H groups in total. The Morgan fingerprint density at radius 1 is 0.952 bits per heavy atom. The molecule has 1 fully saturated rings. The van der Waals surface area contributed by atoms with Crippen LogP contribution in [0.3, 0.4) is 0 Å². The molecule has 1 saturated heterocycles. The number of nitrogens with zero attached hydrogens (tertiary/aromatic N) is 1. The third-order valence-corrected chi connectivity index (χ3v) is 8.80. The number of sulfone groups is 1. The zero-order valence-corrected chi connectivity index (χ0v) is 24.5. The van der Waals surface area contributed by atoms with Crippen LogP contribution in [-0.2, 0) is 21.1 Å². The molecule has 0 spiro atoms. The van der Waals surface area contributed by atoms with Gasteiger partial charge in [0.15, 0.2) is 9.84 Å². The SMILES string of the molecule is CS(=O)(=O)c1ccc(CC(=O)NCCC2CCN(CCC(NC(=O)c3cccc(F)c3)c3cccc(F)c3)CC2)cc1. The molecule has 224 valence electrons. The van der Waals surface area contributed by atoms with E-state index in [9.17, 15) is 26.8 Å². The van der Waals surface area contributed by atoms with Gasteiger partial charge in [0.05, 0.1) is 17.4 Å². The lowest BCUT2D eigenvalue weighted by molar-refractivity contribution is -0.120. The number of carbonyl (C=O) groups is 2. The number of carbonyl (C=O) groups excluding carboxylic acids is 2. The summed E-state index contributed by atoms with van der Waals surface area (Å²) in [6.07, 6.45) is 4.79. The molecule has 10 heteroatoms. The maximum Gasteiger partial charge on any atom is 0.251 e. The summed E-state index contributed by atoms with van der Waals surface area (Å²) in [5.41, 5.74) is 1.64.